The van der Waals surface area contributed by atoms with Crippen LogP contribution < -0.4 is 10.6 Å². The minimum atomic E-state index is 0. The van der Waals surface area contributed by atoms with Crippen LogP contribution in [-0.2, 0) is 4.74 Å². The maximum Gasteiger partial charge on any atom is 0.191 e. The average Bonchev–Trinajstić information content (AvgIpc) is 3.40. The predicted molar refractivity (Wildman–Crippen MR) is 129 cm³/mol. The molecule has 1 aromatic heterocycles. The standard InChI is InChI=1S/C20H35N5OS.HI/c1-20(2,25-10-12-26-13-11-25)16-23-19(21-3)22-15-17(18-7-6-14-27-18)24-8-4-5-9-24;/h6-7,14,17H,4-5,8-13,15-16H2,1-3H3,(H2,21,22,23);1H. The fraction of sp³-hybridized carbons (Fsp3) is 0.750. The third-order valence-electron chi connectivity index (χ3n) is 5.70. The highest BCUT2D eigenvalue weighted by molar-refractivity contribution is 14.0. The Morgan fingerprint density at radius 1 is 1.21 bits per heavy atom. The normalized spacial score (nSPS) is 20.6. The van der Waals surface area contributed by atoms with E-state index in [4.69, 9.17) is 4.74 Å². The van der Waals surface area contributed by atoms with E-state index < -0.39 is 0 Å². The van der Waals surface area contributed by atoms with Crippen molar-refractivity contribution < 1.29 is 4.74 Å². The summed E-state index contributed by atoms with van der Waals surface area (Å²) in [5.41, 5.74) is 0.0729. The molecule has 2 fully saturated rings. The van der Waals surface area contributed by atoms with Crippen molar-refractivity contribution in [3.63, 3.8) is 0 Å². The fourth-order valence-corrected chi connectivity index (χ4v) is 4.80. The molecule has 1 atom stereocenters. The summed E-state index contributed by atoms with van der Waals surface area (Å²) < 4.78 is 5.49. The van der Waals surface area contributed by atoms with Crippen molar-refractivity contribution in [2.24, 2.45) is 4.99 Å². The maximum atomic E-state index is 5.49. The van der Waals surface area contributed by atoms with E-state index in [-0.39, 0.29) is 29.5 Å². The number of morpholine rings is 1. The zero-order valence-electron chi connectivity index (χ0n) is 17.4. The average molecular weight is 522 g/mol. The quantitative estimate of drug-likeness (QED) is 0.329. The van der Waals surface area contributed by atoms with Crippen molar-refractivity contribution in [1.29, 1.82) is 0 Å². The van der Waals surface area contributed by atoms with Crippen LogP contribution in [0.1, 0.15) is 37.6 Å². The molecule has 2 saturated heterocycles. The van der Waals surface area contributed by atoms with Crippen LogP contribution in [0.2, 0.25) is 0 Å². The highest BCUT2D eigenvalue weighted by Gasteiger charge is 2.29. The predicted octanol–water partition coefficient (Wildman–Crippen LogP) is 2.78. The summed E-state index contributed by atoms with van der Waals surface area (Å²) in [5, 5.41) is 9.29. The van der Waals surface area contributed by atoms with Gasteiger partial charge in [-0.1, -0.05) is 6.07 Å². The lowest BCUT2D eigenvalue weighted by Crippen LogP contribution is -2.56. The van der Waals surface area contributed by atoms with Gasteiger partial charge in [0.2, 0.25) is 0 Å². The molecule has 3 heterocycles. The zero-order chi connectivity index (χ0) is 19.1. The van der Waals surface area contributed by atoms with Crippen LogP contribution in [-0.4, -0.2) is 80.8 Å². The molecule has 8 heteroatoms. The summed E-state index contributed by atoms with van der Waals surface area (Å²) >= 11 is 1.85. The molecule has 2 aliphatic rings. The van der Waals surface area contributed by atoms with Crippen LogP contribution in [0.25, 0.3) is 0 Å². The molecule has 28 heavy (non-hydrogen) atoms. The Morgan fingerprint density at radius 3 is 2.54 bits per heavy atom. The highest BCUT2D eigenvalue weighted by atomic mass is 127. The Labute approximate surface area is 191 Å². The van der Waals surface area contributed by atoms with E-state index in [0.717, 1.165) is 45.4 Å². The van der Waals surface area contributed by atoms with Gasteiger partial charge in [0.15, 0.2) is 5.96 Å². The monoisotopic (exact) mass is 521 g/mol. The van der Waals surface area contributed by atoms with Crippen molar-refractivity contribution in [1.82, 2.24) is 20.4 Å². The minimum absolute atomic E-state index is 0. The first kappa shape index (κ1) is 23.9. The Balaban J connectivity index is 0.00000280. The van der Waals surface area contributed by atoms with Crippen LogP contribution in [0, 0.1) is 0 Å². The molecule has 1 unspecified atom stereocenters. The first-order chi connectivity index (χ1) is 13.1. The molecule has 0 spiro atoms. The number of halogens is 1. The molecule has 2 aliphatic heterocycles. The molecule has 1 aromatic rings. The number of hydrogen-bond donors (Lipinski definition) is 2. The summed E-state index contributed by atoms with van der Waals surface area (Å²) in [7, 11) is 1.85. The van der Waals surface area contributed by atoms with Crippen molar-refractivity contribution in [2.75, 3.05) is 59.5 Å². The number of nitrogens with zero attached hydrogens (tertiary/aromatic N) is 3. The first-order valence-corrected chi connectivity index (χ1v) is 11.0. The van der Waals surface area contributed by atoms with Crippen molar-refractivity contribution >= 4 is 41.3 Å². The van der Waals surface area contributed by atoms with Crippen molar-refractivity contribution in [3.05, 3.63) is 22.4 Å². The molecule has 0 aromatic carbocycles. The molecule has 160 valence electrons. The van der Waals surface area contributed by atoms with Crippen molar-refractivity contribution in [3.8, 4) is 0 Å². The fourth-order valence-electron chi connectivity index (χ4n) is 3.94. The van der Waals surface area contributed by atoms with E-state index in [1.54, 1.807) is 0 Å². The van der Waals surface area contributed by atoms with Crippen molar-refractivity contribution in [2.45, 2.75) is 38.3 Å². The van der Waals surface area contributed by atoms with Crippen LogP contribution in [0.4, 0.5) is 0 Å². The second-order valence-electron chi connectivity index (χ2n) is 7.99. The minimum Gasteiger partial charge on any atom is -0.379 e. The van der Waals surface area contributed by atoms with Crippen LogP contribution >= 0.6 is 35.3 Å². The van der Waals surface area contributed by atoms with Gasteiger partial charge in [-0.2, -0.15) is 0 Å². The van der Waals surface area contributed by atoms with E-state index in [1.807, 2.05) is 18.4 Å². The second kappa shape index (κ2) is 11.7. The number of ether oxygens (including phenoxy) is 1. The molecule has 6 nitrogen and oxygen atoms in total. The van der Waals surface area contributed by atoms with Gasteiger partial charge in [-0.15, -0.1) is 35.3 Å². The van der Waals surface area contributed by atoms with Crippen LogP contribution in [0.5, 0.6) is 0 Å². The molecule has 0 aliphatic carbocycles. The van der Waals surface area contributed by atoms with Gasteiger partial charge >= 0.3 is 0 Å². The SMILES string of the molecule is CN=C(NCC(c1cccs1)N1CCCC1)NCC(C)(C)N1CCOCC1.I. The number of guanidine groups is 1. The molecule has 0 radical (unpaired) electrons. The Hall–Kier alpha value is -0.420. The van der Waals surface area contributed by atoms with E-state index in [2.05, 4.69) is 56.8 Å². The highest BCUT2D eigenvalue weighted by Crippen LogP contribution is 2.27. The molecule has 0 bridgehead atoms. The summed E-state index contributed by atoms with van der Waals surface area (Å²) in [4.78, 5) is 11.0. The van der Waals surface area contributed by atoms with Gasteiger partial charge in [-0.05, 0) is 51.2 Å². The van der Waals surface area contributed by atoms with Gasteiger partial charge in [-0.25, -0.2) is 0 Å². The number of hydrogen-bond acceptors (Lipinski definition) is 5. The Bertz CT molecular complexity index is 583. The lowest BCUT2D eigenvalue weighted by molar-refractivity contribution is -0.00834. The van der Waals surface area contributed by atoms with E-state index in [1.165, 1.54) is 30.8 Å². The summed E-state index contributed by atoms with van der Waals surface area (Å²) in [6.45, 7) is 12.4. The van der Waals surface area contributed by atoms with Gasteiger partial charge < -0.3 is 15.4 Å². The van der Waals surface area contributed by atoms with Gasteiger partial charge in [0.1, 0.15) is 0 Å². The Morgan fingerprint density at radius 2 is 1.93 bits per heavy atom. The number of nitrogens with one attached hydrogen (secondary N) is 2. The summed E-state index contributed by atoms with van der Waals surface area (Å²) in [5.74, 6) is 0.886. The number of likely N-dealkylation sites (tertiary alicyclic amines) is 1. The van der Waals surface area contributed by atoms with Gasteiger partial charge in [0, 0.05) is 43.6 Å². The van der Waals surface area contributed by atoms with E-state index in [9.17, 15) is 0 Å². The summed E-state index contributed by atoms with van der Waals surface area (Å²) in [6, 6.07) is 4.84. The largest absolute Gasteiger partial charge is 0.379 e. The molecule has 0 saturated carbocycles. The van der Waals surface area contributed by atoms with E-state index >= 15 is 0 Å². The maximum absolute atomic E-state index is 5.49. The molecule has 3 rings (SSSR count). The third-order valence-corrected chi connectivity index (χ3v) is 6.67. The van der Waals surface area contributed by atoms with Crippen LogP contribution in [0.3, 0.4) is 0 Å². The number of thiophene rings is 1. The summed E-state index contributed by atoms with van der Waals surface area (Å²) in [6.07, 6.45) is 2.62. The molecule has 2 N–H and O–H groups in total. The van der Waals surface area contributed by atoms with E-state index in [0.29, 0.717) is 6.04 Å². The first-order valence-electron chi connectivity index (χ1n) is 10.1. The van der Waals surface area contributed by atoms with Crippen LogP contribution in [0.15, 0.2) is 22.5 Å². The molecular weight excluding hydrogens is 485 g/mol. The third kappa shape index (κ3) is 6.55. The number of rotatable bonds is 7. The topological polar surface area (TPSA) is 52.1 Å². The Kier molecular flexibility index (Phi) is 9.96. The second-order valence-corrected chi connectivity index (χ2v) is 8.97. The van der Waals surface area contributed by atoms with Gasteiger partial charge in [0.25, 0.3) is 0 Å². The zero-order valence-corrected chi connectivity index (χ0v) is 20.6. The number of aliphatic imine (C=N–C) groups is 1. The van der Waals surface area contributed by atoms with Gasteiger partial charge in [0.05, 0.1) is 19.3 Å². The van der Waals surface area contributed by atoms with Gasteiger partial charge in [-0.3, -0.25) is 14.8 Å². The lowest BCUT2D eigenvalue weighted by atomic mass is 10.0. The smallest absolute Gasteiger partial charge is 0.191 e. The lowest BCUT2D eigenvalue weighted by Gasteiger charge is -2.41. The molecule has 0 amide bonds. The molecular formula is C20H36IN5OS.